The molecule has 2 aromatic rings. The molecule has 4 nitrogen and oxygen atoms in total. The minimum absolute atomic E-state index is 0.336. The summed E-state index contributed by atoms with van der Waals surface area (Å²) < 4.78 is 0. The normalized spacial score (nSPS) is 11.5. The van der Waals surface area contributed by atoms with Crippen LogP contribution in [-0.2, 0) is 9.59 Å². The van der Waals surface area contributed by atoms with Gasteiger partial charge in [-0.25, -0.2) is 0 Å². The first-order valence-corrected chi connectivity index (χ1v) is 6.58. The molecule has 1 unspecified atom stereocenters. The van der Waals surface area contributed by atoms with Crippen LogP contribution in [0.3, 0.4) is 0 Å². The lowest BCUT2D eigenvalue weighted by Gasteiger charge is -2.22. The summed E-state index contributed by atoms with van der Waals surface area (Å²) in [6, 6.07) is 14.0. The molecule has 1 atom stereocenters. The van der Waals surface area contributed by atoms with Gasteiger partial charge in [0.2, 0.25) is 12.8 Å². The van der Waals surface area contributed by atoms with E-state index in [1.54, 1.807) is 54.6 Å². The third-order valence-electron chi connectivity index (χ3n) is 3.03. The highest BCUT2D eigenvalue weighted by Crippen LogP contribution is 2.24. The molecule has 0 radical (unpaired) electrons. The Hall–Kier alpha value is -2.46. The van der Waals surface area contributed by atoms with Crippen LogP contribution in [0.5, 0.6) is 0 Å². The third kappa shape index (κ3) is 3.35. The number of imide groups is 1. The Bertz CT molecular complexity index is 632. The molecule has 0 bridgehead atoms. The second-order valence-electron chi connectivity index (χ2n) is 4.34. The van der Waals surface area contributed by atoms with Crippen molar-refractivity contribution in [2.24, 2.45) is 0 Å². The van der Waals surface area contributed by atoms with Crippen LogP contribution in [0.4, 0.5) is 0 Å². The summed E-state index contributed by atoms with van der Waals surface area (Å²) in [6.07, 6.45) is 0.681. The van der Waals surface area contributed by atoms with Crippen molar-refractivity contribution in [3.63, 3.8) is 0 Å². The number of rotatable bonds is 6. The van der Waals surface area contributed by atoms with Gasteiger partial charge in [-0.1, -0.05) is 54.1 Å². The second kappa shape index (κ2) is 6.81. The first-order chi connectivity index (χ1) is 10.2. The molecule has 2 rings (SSSR count). The molecule has 21 heavy (non-hydrogen) atoms. The summed E-state index contributed by atoms with van der Waals surface area (Å²) in [5, 5.41) is 0.508. The van der Waals surface area contributed by atoms with Crippen molar-refractivity contribution in [2.75, 3.05) is 0 Å². The van der Waals surface area contributed by atoms with Crippen LogP contribution < -0.4 is 0 Å². The number of hydrogen-bond donors (Lipinski definition) is 0. The maximum Gasteiger partial charge on any atom is 0.217 e. The van der Waals surface area contributed by atoms with E-state index in [0.29, 0.717) is 29.0 Å². The number of Topliss-reactive ketones (excluding diaryl/α,β-unsaturated/α-hetero) is 1. The molecule has 0 aliphatic heterocycles. The first kappa shape index (κ1) is 14.9. The molecule has 0 aromatic heterocycles. The van der Waals surface area contributed by atoms with Gasteiger partial charge in [-0.05, 0) is 17.7 Å². The van der Waals surface area contributed by atoms with Crippen LogP contribution in [0.2, 0.25) is 5.02 Å². The Morgan fingerprint density at radius 2 is 1.52 bits per heavy atom. The summed E-state index contributed by atoms with van der Waals surface area (Å²) in [5.74, 6) is -0.336. The lowest BCUT2D eigenvalue weighted by Crippen LogP contribution is -2.32. The molecule has 0 aliphatic rings. The molecule has 2 amide bonds. The zero-order valence-corrected chi connectivity index (χ0v) is 11.7. The zero-order valence-electron chi connectivity index (χ0n) is 11.0. The fourth-order valence-electron chi connectivity index (χ4n) is 2.01. The predicted octanol–water partition coefficient (Wildman–Crippen LogP) is 2.88. The van der Waals surface area contributed by atoms with E-state index in [4.69, 9.17) is 11.6 Å². The topological polar surface area (TPSA) is 54.5 Å². The number of hydrogen-bond acceptors (Lipinski definition) is 3. The Kier molecular flexibility index (Phi) is 4.85. The van der Waals surface area contributed by atoms with Crippen LogP contribution in [0.25, 0.3) is 0 Å². The molecule has 5 heteroatoms. The van der Waals surface area contributed by atoms with E-state index in [0.717, 1.165) is 4.90 Å². The van der Waals surface area contributed by atoms with Gasteiger partial charge in [-0.15, -0.1) is 0 Å². The summed E-state index contributed by atoms with van der Waals surface area (Å²) in [4.78, 5) is 35.5. The average Bonchev–Trinajstić information content (AvgIpc) is 2.54. The Morgan fingerprint density at radius 1 is 0.952 bits per heavy atom. The maximum atomic E-state index is 12.6. The monoisotopic (exact) mass is 301 g/mol. The summed E-state index contributed by atoms with van der Waals surface area (Å²) in [6.45, 7) is 0. The van der Waals surface area contributed by atoms with Crippen LogP contribution in [0.1, 0.15) is 22.0 Å². The van der Waals surface area contributed by atoms with Crippen molar-refractivity contribution in [1.82, 2.24) is 4.90 Å². The second-order valence-corrected chi connectivity index (χ2v) is 4.78. The van der Waals surface area contributed by atoms with E-state index in [-0.39, 0.29) is 5.78 Å². The lowest BCUT2D eigenvalue weighted by atomic mass is 9.96. The molecule has 2 aromatic carbocycles. The summed E-state index contributed by atoms with van der Waals surface area (Å²) in [5.41, 5.74) is 0.943. The van der Waals surface area contributed by atoms with Gasteiger partial charge in [-0.2, -0.15) is 0 Å². The highest BCUT2D eigenvalue weighted by atomic mass is 35.5. The number of nitrogens with zero attached hydrogens (tertiary/aromatic N) is 1. The third-order valence-corrected chi connectivity index (χ3v) is 3.29. The Labute approximate surface area is 126 Å². The fourth-order valence-corrected chi connectivity index (χ4v) is 2.14. The highest BCUT2D eigenvalue weighted by molar-refractivity contribution is 6.30. The Morgan fingerprint density at radius 3 is 2.05 bits per heavy atom. The standard InChI is InChI=1S/C16H12ClNO3/c17-14-8-6-12(7-9-14)15(18(10-19)11-20)16(21)13-4-2-1-3-5-13/h1-11,15H. The van der Waals surface area contributed by atoms with Crippen molar-refractivity contribution >= 4 is 30.2 Å². The van der Waals surface area contributed by atoms with Gasteiger partial charge < -0.3 is 0 Å². The largest absolute Gasteiger partial charge is 0.291 e. The van der Waals surface area contributed by atoms with Crippen LogP contribution in [0, 0.1) is 0 Å². The Balaban J connectivity index is 2.46. The quantitative estimate of drug-likeness (QED) is 0.609. The molecule has 0 heterocycles. The zero-order chi connectivity index (χ0) is 15.2. The predicted molar refractivity (Wildman–Crippen MR) is 78.9 cm³/mol. The van der Waals surface area contributed by atoms with Gasteiger partial charge in [0.25, 0.3) is 0 Å². The smallest absolute Gasteiger partial charge is 0.217 e. The van der Waals surface area contributed by atoms with Crippen LogP contribution in [-0.4, -0.2) is 23.5 Å². The molecule has 0 spiro atoms. The van der Waals surface area contributed by atoms with Gasteiger partial charge >= 0.3 is 0 Å². The van der Waals surface area contributed by atoms with Crippen molar-refractivity contribution in [3.05, 3.63) is 70.7 Å². The van der Waals surface area contributed by atoms with Gasteiger partial charge in [-0.3, -0.25) is 19.3 Å². The van der Waals surface area contributed by atoms with Crippen molar-refractivity contribution in [1.29, 1.82) is 0 Å². The highest BCUT2D eigenvalue weighted by Gasteiger charge is 2.27. The van der Waals surface area contributed by atoms with Crippen LogP contribution in [0.15, 0.2) is 54.6 Å². The number of ketones is 1. The van der Waals surface area contributed by atoms with E-state index in [1.165, 1.54) is 0 Å². The van der Waals surface area contributed by atoms with Gasteiger partial charge in [0.1, 0.15) is 6.04 Å². The molecule has 0 saturated heterocycles. The van der Waals surface area contributed by atoms with Crippen molar-refractivity contribution < 1.29 is 14.4 Å². The molecular formula is C16H12ClNO3. The number of halogens is 1. The number of benzene rings is 2. The van der Waals surface area contributed by atoms with E-state index >= 15 is 0 Å². The van der Waals surface area contributed by atoms with Gasteiger partial charge in [0.05, 0.1) is 0 Å². The fraction of sp³-hybridized carbons (Fsp3) is 0.0625. The maximum absolute atomic E-state index is 12.6. The van der Waals surface area contributed by atoms with Crippen molar-refractivity contribution in [3.8, 4) is 0 Å². The molecule has 0 saturated carbocycles. The molecule has 0 N–H and O–H groups in total. The minimum Gasteiger partial charge on any atom is -0.291 e. The average molecular weight is 302 g/mol. The van der Waals surface area contributed by atoms with E-state index < -0.39 is 6.04 Å². The number of carbonyl (C=O) groups excluding carboxylic acids is 3. The molecule has 0 fully saturated rings. The summed E-state index contributed by atoms with van der Waals surface area (Å²) >= 11 is 5.82. The molecular weight excluding hydrogens is 290 g/mol. The minimum atomic E-state index is -1.00. The summed E-state index contributed by atoms with van der Waals surface area (Å²) in [7, 11) is 0. The molecule has 0 aliphatic carbocycles. The number of amides is 2. The lowest BCUT2D eigenvalue weighted by molar-refractivity contribution is -0.131. The van der Waals surface area contributed by atoms with E-state index in [2.05, 4.69) is 0 Å². The van der Waals surface area contributed by atoms with E-state index in [1.807, 2.05) is 0 Å². The van der Waals surface area contributed by atoms with Gasteiger partial charge in [0, 0.05) is 10.6 Å². The van der Waals surface area contributed by atoms with Gasteiger partial charge in [0.15, 0.2) is 5.78 Å². The van der Waals surface area contributed by atoms with E-state index in [9.17, 15) is 14.4 Å². The molecule has 106 valence electrons. The van der Waals surface area contributed by atoms with Crippen molar-refractivity contribution in [2.45, 2.75) is 6.04 Å². The number of carbonyl (C=O) groups is 3. The van der Waals surface area contributed by atoms with Crippen LogP contribution >= 0.6 is 11.6 Å². The SMILES string of the molecule is O=CN(C=O)C(C(=O)c1ccccc1)c1ccc(Cl)cc1. The first-order valence-electron chi connectivity index (χ1n) is 6.20.